The lowest BCUT2D eigenvalue weighted by molar-refractivity contribution is -0.133. The Labute approximate surface area is 125 Å². The Hall–Kier alpha value is -2.21. The third-order valence-corrected chi connectivity index (χ3v) is 3.56. The van der Waals surface area contributed by atoms with E-state index in [1.807, 2.05) is 0 Å². The molecule has 0 aliphatic heterocycles. The Kier molecular flexibility index (Phi) is 5.05. The zero-order valence-corrected chi connectivity index (χ0v) is 12.2. The molecular weight excluding hydrogens is 293 g/mol. The predicted molar refractivity (Wildman–Crippen MR) is 77.5 cm³/mol. The van der Waals surface area contributed by atoms with E-state index in [2.05, 4.69) is 0 Å². The molecule has 1 aromatic heterocycles. The van der Waals surface area contributed by atoms with Crippen molar-refractivity contribution in [2.24, 2.45) is 0 Å². The van der Waals surface area contributed by atoms with Gasteiger partial charge in [-0.3, -0.25) is 4.79 Å². The van der Waals surface area contributed by atoms with Crippen LogP contribution in [0.1, 0.15) is 15.9 Å². The standard InChI is InChI=1S/C15H14FNO3S/c1-17(8-11-4-2-3-5-13(11)16)14(18)9-20-15(19)12-6-7-21-10-12/h2-7,10H,8-9H2,1H3. The summed E-state index contributed by atoms with van der Waals surface area (Å²) >= 11 is 1.37. The summed E-state index contributed by atoms with van der Waals surface area (Å²) in [6, 6.07) is 7.86. The zero-order valence-electron chi connectivity index (χ0n) is 11.4. The van der Waals surface area contributed by atoms with Gasteiger partial charge in [-0.1, -0.05) is 18.2 Å². The molecule has 0 aliphatic carbocycles. The maximum absolute atomic E-state index is 13.5. The van der Waals surface area contributed by atoms with E-state index in [0.29, 0.717) is 11.1 Å². The van der Waals surface area contributed by atoms with E-state index in [1.165, 1.54) is 29.4 Å². The fourth-order valence-corrected chi connectivity index (χ4v) is 2.30. The molecule has 0 aliphatic rings. The topological polar surface area (TPSA) is 46.6 Å². The van der Waals surface area contributed by atoms with Gasteiger partial charge in [-0.2, -0.15) is 11.3 Å². The monoisotopic (exact) mass is 307 g/mol. The highest BCUT2D eigenvalue weighted by atomic mass is 32.1. The number of benzene rings is 1. The van der Waals surface area contributed by atoms with E-state index >= 15 is 0 Å². The smallest absolute Gasteiger partial charge is 0.339 e. The van der Waals surface area contributed by atoms with Crippen molar-refractivity contribution in [1.82, 2.24) is 4.90 Å². The molecule has 110 valence electrons. The van der Waals surface area contributed by atoms with E-state index < -0.39 is 5.97 Å². The maximum atomic E-state index is 13.5. The molecule has 1 aromatic carbocycles. The van der Waals surface area contributed by atoms with Gasteiger partial charge in [-0.25, -0.2) is 9.18 Å². The molecule has 0 spiro atoms. The minimum absolute atomic E-state index is 0.126. The van der Waals surface area contributed by atoms with Crippen LogP contribution in [0.3, 0.4) is 0 Å². The average Bonchev–Trinajstić information content (AvgIpc) is 3.01. The quantitative estimate of drug-likeness (QED) is 0.798. The SMILES string of the molecule is CN(Cc1ccccc1F)C(=O)COC(=O)c1ccsc1. The van der Waals surface area contributed by atoms with Crippen LogP contribution in [-0.2, 0) is 16.1 Å². The molecule has 2 aromatic rings. The van der Waals surface area contributed by atoms with Crippen LogP contribution in [0, 0.1) is 5.82 Å². The van der Waals surface area contributed by atoms with Gasteiger partial charge >= 0.3 is 5.97 Å². The van der Waals surface area contributed by atoms with Gasteiger partial charge in [0, 0.05) is 24.5 Å². The number of thiophene rings is 1. The van der Waals surface area contributed by atoms with E-state index in [4.69, 9.17) is 4.74 Å². The number of likely N-dealkylation sites (N-methyl/N-ethyl adjacent to an activating group) is 1. The van der Waals surface area contributed by atoms with Gasteiger partial charge < -0.3 is 9.64 Å². The number of carbonyl (C=O) groups excluding carboxylic acids is 2. The van der Waals surface area contributed by atoms with Crippen LogP contribution >= 0.6 is 11.3 Å². The van der Waals surface area contributed by atoms with Gasteiger partial charge in [0.25, 0.3) is 5.91 Å². The van der Waals surface area contributed by atoms with E-state index in [-0.39, 0.29) is 24.9 Å². The number of halogens is 1. The lowest BCUT2D eigenvalue weighted by atomic mass is 10.2. The van der Waals surface area contributed by atoms with Crippen molar-refractivity contribution in [2.45, 2.75) is 6.54 Å². The molecule has 0 radical (unpaired) electrons. The second-order valence-electron chi connectivity index (χ2n) is 4.43. The number of esters is 1. The van der Waals surface area contributed by atoms with Gasteiger partial charge in [0.15, 0.2) is 6.61 Å². The molecule has 4 nitrogen and oxygen atoms in total. The lowest BCUT2D eigenvalue weighted by Gasteiger charge is -2.17. The van der Waals surface area contributed by atoms with Crippen LogP contribution in [-0.4, -0.2) is 30.4 Å². The molecule has 0 saturated heterocycles. The molecule has 2 rings (SSSR count). The summed E-state index contributed by atoms with van der Waals surface area (Å²) in [4.78, 5) is 24.8. The molecule has 0 N–H and O–H groups in total. The molecule has 0 atom stereocenters. The van der Waals surface area contributed by atoms with Gasteiger partial charge in [0.05, 0.1) is 5.56 Å². The first-order chi connectivity index (χ1) is 10.1. The van der Waals surface area contributed by atoms with E-state index in [9.17, 15) is 14.0 Å². The van der Waals surface area contributed by atoms with Crippen molar-refractivity contribution in [2.75, 3.05) is 13.7 Å². The minimum Gasteiger partial charge on any atom is -0.452 e. The fraction of sp³-hybridized carbons (Fsp3) is 0.200. The third-order valence-electron chi connectivity index (χ3n) is 2.87. The second-order valence-corrected chi connectivity index (χ2v) is 5.21. The van der Waals surface area contributed by atoms with Crippen molar-refractivity contribution in [3.05, 3.63) is 58.0 Å². The van der Waals surface area contributed by atoms with Crippen LogP contribution in [0.2, 0.25) is 0 Å². The molecule has 21 heavy (non-hydrogen) atoms. The molecule has 0 saturated carbocycles. The molecule has 1 amide bonds. The van der Waals surface area contributed by atoms with Crippen molar-refractivity contribution in [1.29, 1.82) is 0 Å². The van der Waals surface area contributed by atoms with Crippen LogP contribution in [0.15, 0.2) is 41.1 Å². The van der Waals surface area contributed by atoms with Crippen molar-refractivity contribution < 1.29 is 18.7 Å². The van der Waals surface area contributed by atoms with Crippen molar-refractivity contribution in [3.8, 4) is 0 Å². The summed E-state index contributed by atoms with van der Waals surface area (Å²) in [5.74, 6) is -1.29. The Morgan fingerprint density at radius 2 is 2.05 bits per heavy atom. The summed E-state index contributed by atoms with van der Waals surface area (Å²) in [6.07, 6.45) is 0. The summed E-state index contributed by atoms with van der Waals surface area (Å²) in [6.45, 7) is -0.235. The van der Waals surface area contributed by atoms with Gasteiger partial charge in [-0.05, 0) is 17.5 Å². The first-order valence-corrected chi connectivity index (χ1v) is 7.19. The molecule has 0 bridgehead atoms. The number of ether oxygens (including phenoxy) is 1. The summed E-state index contributed by atoms with van der Waals surface area (Å²) < 4.78 is 18.4. The lowest BCUT2D eigenvalue weighted by Crippen LogP contribution is -2.31. The Morgan fingerprint density at radius 3 is 2.71 bits per heavy atom. The molecule has 6 heteroatoms. The van der Waals surface area contributed by atoms with Gasteiger partial charge in [0.2, 0.25) is 0 Å². The number of amides is 1. The maximum Gasteiger partial charge on any atom is 0.339 e. The second kappa shape index (κ2) is 6.99. The summed E-state index contributed by atoms with van der Waals surface area (Å²) in [5.41, 5.74) is 0.835. The number of rotatable bonds is 5. The summed E-state index contributed by atoms with van der Waals surface area (Å²) in [5, 5.41) is 3.40. The van der Waals surface area contributed by atoms with Crippen molar-refractivity contribution >= 4 is 23.2 Å². The average molecular weight is 307 g/mol. The zero-order chi connectivity index (χ0) is 15.2. The predicted octanol–water partition coefficient (Wildman–Crippen LogP) is 2.70. The first kappa shape index (κ1) is 15.2. The minimum atomic E-state index is -0.538. The number of carbonyl (C=O) groups is 2. The number of hydrogen-bond donors (Lipinski definition) is 0. The molecule has 0 fully saturated rings. The normalized spacial score (nSPS) is 10.2. The van der Waals surface area contributed by atoms with Crippen LogP contribution in [0.4, 0.5) is 4.39 Å². The number of nitrogens with zero attached hydrogens (tertiary/aromatic N) is 1. The van der Waals surface area contributed by atoms with Gasteiger partial charge in [0.1, 0.15) is 5.82 Å². The largest absolute Gasteiger partial charge is 0.452 e. The van der Waals surface area contributed by atoms with E-state index in [1.54, 1.807) is 35.0 Å². The molecule has 1 heterocycles. The van der Waals surface area contributed by atoms with Gasteiger partial charge in [-0.15, -0.1) is 0 Å². The summed E-state index contributed by atoms with van der Waals surface area (Å²) in [7, 11) is 1.53. The first-order valence-electron chi connectivity index (χ1n) is 6.24. The molecule has 0 unspecified atom stereocenters. The molecular formula is C15H14FNO3S. The Balaban J connectivity index is 1.86. The Morgan fingerprint density at radius 1 is 1.29 bits per heavy atom. The fourth-order valence-electron chi connectivity index (χ4n) is 1.67. The van der Waals surface area contributed by atoms with Crippen LogP contribution in [0.5, 0.6) is 0 Å². The number of hydrogen-bond acceptors (Lipinski definition) is 4. The third kappa shape index (κ3) is 4.13. The Bertz CT molecular complexity index is 628. The van der Waals surface area contributed by atoms with Crippen LogP contribution < -0.4 is 0 Å². The van der Waals surface area contributed by atoms with E-state index in [0.717, 1.165) is 0 Å². The van der Waals surface area contributed by atoms with Crippen molar-refractivity contribution in [3.63, 3.8) is 0 Å². The highest BCUT2D eigenvalue weighted by Gasteiger charge is 2.15. The highest BCUT2D eigenvalue weighted by molar-refractivity contribution is 7.08. The van der Waals surface area contributed by atoms with Crippen LogP contribution in [0.25, 0.3) is 0 Å². The highest BCUT2D eigenvalue weighted by Crippen LogP contribution is 2.10.